The molecule has 0 atom stereocenters. The second kappa shape index (κ2) is 4.16. The van der Waals surface area contributed by atoms with E-state index in [9.17, 15) is 0 Å². The number of nitrogens with zero attached hydrogens (tertiary/aromatic N) is 1. The van der Waals surface area contributed by atoms with Crippen LogP contribution in [-0.2, 0) is 0 Å². The third-order valence-corrected chi connectivity index (χ3v) is 3.39. The van der Waals surface area contributed by atoms with Gasteiger partial charge in [-0.15, -0.1) is 0 Å². The van der Waals surface area contributed by atoms with E-state index in [-0.39, 0.29) is 0 Å². The molecule has 0 fully saturated rings. The Labute approximate surface area is 97.2 Å². The van der Waals surface area contributed by atoms with E-state index in [0.29, 0.717) is 6.71 Å². The van der Waals surface area contributed by atoms with Crippen LogP contribution in [-0.4, -0.2) is 16.7 Å². The maximum atomic E-state index is 4.41. The first-order chi connectivity index (χ1) is 7.61. The molecule has 1 N–H and O–H groups in total. The first kappa shape index (κ1) is 11.0. The number of nitrogens with one attached hydrogen (secondary N) is 1. The van der Waals surface area contributed by atoms with Gasteiger partial charge in [-0.2, -0.15) is 0 Å². The lowest BCUT2D eigenvalue weighted by molar-refractivity contribution is 1.25. The topological polar surface area (TPSA) is 28.7 Å². The van der Waals surface area contributed by atoms with Crippen molar-refractivity contribution in [2.45, 2.75) is 27.6 Å². The van der Waals surface area contributed by atoms with Crippen LogP contribution in [0.15, 0.2) is 24.5 Å². The van der Waals surface area contributed by atoms with Crippen LogP contribution in [0.5, 0.6) is 0 Å². The van der Waals surface area contributed by atoms with Gasteiger partial charge in [-0.25, -0.2) is 0 Å². The van der Waals surface area contributed by atoms with Crippen LogP contribution in [0, 0.1) is 20.8 Å². The summed E-state index contributed by atoms with van der Waals surface area (Å²) in [5.41, 5.74) is 6.40. The van der Waals surface area contributed by atoms with Crippen molar-refractivity contribution in [1.82, 2.24) is 9.97 Å². The number of imidazole rings is 1. The molecule has 0 saturated carbocycles. The molecule has 0 amide bonds. The average Bonchev–Trinajstić information content (AvgIpc) is 2.68. The molecule has 0 unspecified atom stereocenters. The molecular weight excluding hydrogens is 195 g/mol. The number of aryl methyl sites for hydroxylation is 2. The second-order valence-electron chi connectivity index (χ2n) is 4.42. The van der Waals surface area contributed by atoms with Gasteiger partial charge < -0.3 is 4.98 Å². The maximum absolute atomic E-state index is 4.41. The maximum Gasteiger partial charge on any atom is 0.232 e. The summed E-state index contributed by atoms with van der Waals surface area (Å²) in [6, 6.07) is 6.47. The Kier molecular flexibility index (Phi) is 2.86. The summed E-state index contributed by atoms with van der Waals surface area (Å²) in [6.45, 7) is 8.98. The van der Waals surface area contributed by atoms with Crippen molar-refractivity contribution in [2.75, 3.05) is 0 Å². The van der Waals surface area contributed by atoms with Crippen LogP contribution in [0.2, 0.25) is 6.82 Å². The van der Waals surface area contributed by atoms with Gasteiger partial charge in [0.25, 0.3) is 0 Å². The molecular formula is C13H17BN2. The number of hydrogen-bond donors (Lipinski definition) is 1. The fraction of sp³-hybridized carbons (Fsp3) is 0.308. The zero-order chi connectivity index (χ0) is 11.7. The summed E-state index contributed by atoms with van der Waals surface area (Å²) in [5.74, 6) is 0. The van der Waals surface area contributed by atoms with Crippen molar-refractivity contribution in [1.29, 1.82) is 0 Å². The lowest BCUT2D eigenvalue weighted by atomic mass is 9.43. The van der Waals surface area contributed by atoms with Gasteiger partial charge in [0.1, 0.15) is 0 Å². The molecule has 16 heavy (non-hydrogen) atoms. The average molecular weight is 212 g/mol. The largest absolute Gasteiger partial charge is 0.349 e. The van der Waals surface area contributed by atoms with Gasteiger partial charge in [-0.3, -0.25) is 4.98 Å². The van der Waals surface area contributed by atoms with Gasteiger partial charge >= 0.3 is 0 Å². The Balaban J connectivity index is 2.46. The van der Waals surface area contributed by atoms with Crippen molar-refractivity contribution >= 4 is 17.8 Å². The monoisotopic (exact) mass is 212 g/mol. The molecule has 1 aromatic heterocycles. The van der Waals surface area contributed by atoms with E-state index in [1.54, 1.807) is 6.33 Å². The van der Waals surface area contributed by atoms with E-state index in [2.05, 4.69) is 55.8 Å². The van der Waals surface area contributed by atoms with Crippen molar-refractivity contribution in [3.05, 3.63) is 41.3 Å². The molecule has 0 saturated heterocycles. The van der Waals surface area contributed by atoms with Gasteiger partial charge in [-0.05, 0) is 26.3 Å². The molecule has 2 nitrogen and oxygen atoms in total. The van der Waals surface area contributed by atoms with E-state index in [4.69, 9.17) is 0 Å². The number of H-pyrrole nitrogens is 1. The van der Waals surface area contributed by atoms with Crippen LogP contribution < -0.4 is 11.1 Å². The van der Waals surface area contributed by atoms with E-state index >= 15 is 0 Å². The lowest BCUT2D eigenvalue weighted by Gasteiger charge is -2.12. The van der Waals surface area contributed by atoms with Gasteiger partial charge in [0, 0.05) is 11.3 Å². The van der Waals surface area contributed by atoms with Crippen molar-refractivity contribution < 1.29 is 0 Å². The number of hydrogen-bond acceptors (Lipinski definition) is 1. The summed E-state index contributed by atoms with van der Waals surface area (Å²) in [7, 11) is 0. The van der Waals surface area contributed by atoms with Crippen LogP contribution in [0.1, 0.15) is 16.8 Å². The van der Waals surface area contributed by atoms with Gasteiger partial charge in [-0.1, -0.05) is 36.0 Å². The predicted molar refractivity (Wildman–Crippen MR) is 70.1 cm³/mol. The smallest absolute Gasteiger partial charge is 0.232 e. The Morgan fingerprint density at radius 3 is 2.56 bits per heavy atom. The summed E-state index contributed by atoms with van der Waals surface area (Å²) >= 11 is 0. The van der Waals surface area contributed by atoms with E-state index in [1.165, 1.54) is 16.6 Å². The standard InChI is InChI=1S/C13H17BN2/c1-9-6-5-7-12(10(9)2)14(4)13-11(3)15-8-16-13/h5-8H,1-4H3,(H,15,16). The summed E-state index contributed by atoms with van der Waals surface area (Å²) in [4.78, 5) is 7.55. The highest BCUT2D eigenvalue weighted by Crippen LogP contribution is 2.04. The van der Waals surface area contributed by atoms with Crippen LogP contribution in [0.4, 0.5) is 0 Å². The zero-order valence-corrected chi connectivity index (χ0v) is 10.3. The fourth-order valence-corrected chi connectivity index (χ4v) is 2.20. The lowest BCUT2D eigenvalue weighted by Crippen LogP contribution is -2.43. The van der Waals surface area contributed by atoms with Gasteiger partial charge in [0.2, 0.25) is 6.71 Å². The van der Waals surface area contributed by atoms with Crippen molar-refractivity contribution in [3.63, 3.8) is 0 Å². The normalized spacial score (nSPS) is 10.5. The molecule has 1 heterocycles. The predicted octanol–water partition coefficient (Wildman–Crippen LogP) is 1.57. The summed E-state index contributed by atoms with van der Waals surface area (Å²) in [6.07, 6.45) is 1.77. The molecule has 0 aliphatic rings. The van der Waals surface area contributed by atoms with E-state index in [0.717, 1.165) is 11.3 Å². The molecule has 1 aromatic carbocycles. The first-order valence-corrected chi connectivity index (χ1v) is 5.67. The zero-order valence-electron chi connectivity index (χ0n) is 10.3. The second-order valence-corrected chi connectivity index (χ2v) is 4.42. The highest BCUT2D eigenvalue weighted by atomic mass is 14.9. The Hall–Kier alpha value is -1.51. The number of aromatic nitrogens is 2. The minimum atomic E-state index is 0.353. The highest BCUT2D eigenvalue weighted by Gasteiger charge is 2.19. The van der Waals surface area contributed by atoms with Crippen molar-refractivity contribution in [3.8, 4) is 0 Å². The summed E-state index contributed by atoms with van der Waals surface area (Å²) < 4.78 is 0. The molecule has 0 aliphatic heterocycles. The van der Waals surface area contributed by atoms with Crippen LogP contribution in [0.3, 0.4) is 0 Å². The number of rotatable bonds is 2. The minimum Gasteiger partial charge on any atom is -0.349 e. The van der Waals surface area contributed by atoms with E-state index in [1.807, 2.05) is 0 Å². The molecule has 2 aromatic rings. The molecule has 3 heteroatoms. The molecule has 0 bridgehead atoms. The molecule has 0 radical (unpaired) electrons. The Morgan fingerprint density at radius 2 is 1.94 bits per heavy atom. The quantitative estimate of drug-likeness (QED) is 0.752. The molecule has 0 spiro atoms. The highest BCUT2D eigenvalue weighted by molar-refractivity contribution is 6.84. The minimum absolute atomic E-state index is 0.353. The number of benzene rings is 1. The Morgan fingerprint density at radius 1 is 1.19 bits per heavy atom. The first-order valence-electron chi connectivity index (χ1n) is 5.67. The Bertz CT molecular complexity index is 502. The van der Waals surface area contributed by atoms with Gasteiger partial charge in [0.05, 0.1) is 6.33 Å². The molecule has 0 aliphatic carbocycles. The third-order valence-electron chi connectivity index (χ3n) is 3.39. The third kappa shape index (κ3) is 1.78. The van der Waals surface area contributed by atoms with Crippen LogP contribution in [0.25, 0.3) is 0 Å². The van der Waals surface area contributed by atoms with E-state index < -0.39 is 0 Å². The molecule has 82 valence electrons. The van der Waals surface area contributed by atoms with Gasteiger partial charge in [0.15, 0.2) is 0 Å². The number of aromatic amines is 1. The SMILES string of the molecule is CB(c1cccc(C)c1C)c1nc[nH]c1C. The fourth-order valence-electron chi connectivity index (χ4n) is 2.20. The van der Waals surface area contributed by atoms with Crippen LogP contribution >= 0.6 is 0 Å². The molecule has 2 rings (SSSR count). The summed E-state index contributed by atoms with van der Waals surface area (Å²) in [5, 5.41) is 0. The van der Waals surface area contributed by atoms with Crippen molar-refractivity contribution in [2.24, 2.45) is 0 Å².